The number of para-hydroxylation sites is 1. The summed E-state index contributed by atoms with van der Waals surface area (Å²) in [4.78, 5) is 11.0. The molecule has 0 bridgehead atoms. The molecule has 1 saturated heterocycles. The smallest absolute Gasteiger partial charge is 0.416 e. The Labute approximate surface area is 291 Å². The molecule has 1 atom stereocenters. The summed E-state index contributed by atoms with van der Waals surface area (Å²) in [5.74, 6) is 0.128. The van der Waals surface area contributed by atoms with Crippen molar-refractivity contribution in [2.75, 3.05) is 76.3 Å². The van der Waals surface area contributed by atoms with Gasteiger partial charge in [0.05, 0.1) is 16.9 Å². The summed E-state index contributed by atoms with van der Waals surface area (Å²) in [5, 5.41) is 3.17. The Kier molecular flexibility index (Phi) is 10.8. The third kappa shape index (κ3) is 7.94. The van der Waals surface area contributed by atoms with E-state index in [0.29, 0.717) is 23.9 Å². The molecular formula is C38H43F3N4OS2. The Morgan fingerprint density at radius 1 is 0.833 bits per heavy atom. The lowest BCUT2D eigenvalue weighted by Gasteiger charge is -2.36. The highest BCUT2D eigenvalue weighted by atomic mass is 32.2. The molecule has 1 unspecified atom stereocenters. The zero-order valence-electron chi connectivity index (χ0n) is 27.8. The maximum atomic E-state index is 13.6. The van der Waals surface area contributed by atoms with Gasteiger partial charge in [0.15, 0.2) is 5.05 Å². The fraction of sp³-hybridized carbons (Fsp3) is 0.395. The van der Waals surface area contributed by atoms with Crippen molar-refractivity contribution in [3.05, 3.63) is 90.0 Å². The minimum Gasteiger partial charge on any atom is -0.485 e. The number of ether oxygens (including phenoxy) is 1. The minimum absolute atomic E-state index is 0.128. The van der Waals surface area contributed by atoms with Gasteiger partial charge in [0.1, 0.15) is 6.61 Å². The standard InChI is InChI=1S/C38H43F3N4OS2/c1-27(25-28-9-6-11-31-30(28)10-7-13-32(31)42(2)3)37(47)46-24-23-44-21-19-43(20-22-44)17-8-18-45-33-12-4-5-14-35(33)48-36-16-15-29(26-34(36)45)38(39,40)41/h4-7,9-16,26-27H,8,17-25H2,1-3H3. The highest BCUT2D eigenvalue weighted by Gasteiger charge is 2.33. The van der Waals surface area contributed by atoms with Gasteiger partial charge < -0.3 is 19.4 Å². The van der Waals surface area contributed by atoms with Crippen LogP contribution in [0.25, 0.3) is 10.8 Å². The van der Waals surface area contributed by atoms with Crippen molar-refractivity contribution in [1.82, 2.24) is 9.80 Å². The SMILES string of the molecule is CC(Cc1cccc2c(N(C)C)cccc12)C(=S)OCCN1CCN(CCCN2c3ccccc3Sc3ccc(C(F)(F)F)cc32)CC1. The lowest BCUT2D eigenvalue weighted by Crippen LogP contribution is -2.47. The van der Waals surface area contributed by atoms with E-state index in [4.69, 9.17) is 17.0 Å². The molecule has 254 valence electrons. The van der Waals surface area contributed by atoms with Gasteiger partial charge in [-0.25, -0.2) is 0 Å². The number of thiocarbonyl (C=S) groups is 1. The van der Waals surface area contributed by atoms with Crippen molar-refractivity contribution in [2.24, 2.45) is 5.92 Å². The Balaban J connectivity index is 0.952. The number of hydrogen-bond donors (Lipinski definition) is 0. The van der Waals surface area contributed by atoms with Crippen LogP contribution in [0.2, 0.25) is 0 Å². The second-order valence-electron chi connectivity index (χ2n) is 12.9. The summed E-state index contributed by atoms with van der Waals surface area (Å²) in [6.07, 6.45) is -2.68. The van der Waals surface area contributed by atoms with Crippen LogP contribution >= 0.6 is 24.0 Å². The molecule has 2 aliphatic heterocycles. The molecule has 48 heavy (non-hydrogen) atoms. The molecule has 4 aromatic carbocycles. The molecule has 0 aliphatic carbocycles. The van der Waals surface area contributed by atoms with Gasteiger partial charge in [0.25, 0.3) is 0 Å². The third-order valence-corrected chi connectivity index (χ3v) is 11.0. The monoisotopic (exact) mass is 692 g/mol. The summed E-state index contributed by atoms with van der Waals surface area (Å²) >= 11 is 7.24. The van der Waals surface area contributed by atoms with Crippen molar-refractivity contribution in [3.63, 3.8) is 0 Å². The van der Waals surface area contributed by atoms with Crippen LogP contribution in [0.5, 0.6) is 0 Å². The van der Waals surface area contributed by atoms with Crippen LogP contribution in [-0.2, 0) is 17.3 Å². The van der Waals surface area contributed by atoms with E-state index >= 15 is 0 Å². The largest absolute Gasteiger partial charge is 0.485 e. The molecule has 10 heteroatoms. The number of fused-ring (bicyclic) bond motifs is 3. The number of rotatable bonds is 11. The summed E-state index contributed by atoms with van der Waals surface area (Å²) in [6, 6.07) is 25.0. The third-order valence-electron chi connectivity index (χ3n) is 9.33. The van der Waals surface area contributed by atoms with Gasteiger partial charge >= 0.3 is 6.18 Å². The zero-order chi connectivity index (χ0) is 33.8. The number of alkyl halides is 3. The van der Waals surface area contributed by atoms with Gasteiger partial charge in [0, 0.05) is 80.1 Å². The first-order chi connectivity index (χ1) is 23.1. The number of anilines is 3. The molecule has 4 aromatic rings. The Morgan fingerprint density at radius 3 is 2.27 bits per heavy atom. The van der Waals surface area contributed by atoms with Gasteiger partial charge in [-0.15, -0.1) is 0 Å². The second kappa shape index (κ2) is 15.1. The van der Waals surface area contributed by atoms with E-state index in [1.807, 2.05) is 24.3 Å². The zero-order valence-corrected chi connectivity index (χ0v) is 29.4. The van der Waals surface area contributed by atoms with Gasteiger partial charge in [-0.3, -0.25) is 4.90 Å². The van der Waals surface area contributed by atoms with E-state index in [-0.39, 0.29) is 5.92 Å². The average molecular weight is 693 g/mol. The first-order valence-corrected chi connectivity index (χ1v) is 17.9. The Morgan fingerprint density at radius 2 is 1.52 bits per heavy atom. The summed E-state index contributed by atoms with van der Waals surface area (Å²) in [5.41, 5.74) is 3.50. The number of nitrogens with zero attached hydrogens (tertiary/aromatic N) is 4. The fourth-order valence-corrected chi connectivity index (χ4v) is 7.94. The number of hydrogen-bond acceptors (Lipinski definition) is 7. The fourth-order valence-electron chi connectivity index (χ4n) is 6.69. The molecule has 0 aromatic heterocycles. The van der Waals surface area contributed by atoms with Crippen LogP contribution in [0.1, 0.15) is 24.5 Å². The van der Waals surface area contributed by atoms with Gasteiger partial charge in [-0.1, -0.05) is 61.2 Å². The lowest BCUT2D eigenvalue weighted by atomic mass is 9.95. The first kappa shape index (κ1) is 34.5. The number of benzene rings is 4. The van der Waals surface area contributed by atoms with Gasteiger partial charge in [-0.2, -0.15) is 13.2 Å². The van der Waals surface area contributed by atoms with Gasteiger partial charge in [-0.05, 0) is 79.0 Å². The van der Waals surface area contributed by atoms with E-state index in [9.17, 15) is 13.2 Å². The Bertz CT molecular complexity index is 1740. The first-order valence-electron chi connectivity index (χ1n) is 16.6. The molecule has 0 spiro atoms. The summed E-state index contributed by atoms with van der Waals surface area (Å²) < 4.78 is 46.8. The second-order valence-corrected chi connectivity index (χ2v) is 14.4. The summed E-state index contributed by atoms with van der Waals surface area (Å²) in [7, 11) is 4.14. The van der Waals surface area contributed by atoms with Gasteiger partial charge in [0.2, 0.25) is 0 Å². The highest BCUT2D eigenvalue weighted by Crippen LogP contribution is 2.49. The van der Waals surface area contributed by atoms with Crippen LogP contribution in [-0.4, -0.2) is 81.4 Å². The summed E-state index contributed by atoms with van der Waals surface area (Å²) in [6.45, 7) is 8.94. The quantitative estimate of drug-likeness (QED) is 0.145. The molecular weight excluding hydrogens is 650 g/mol. The van der Waals surface area contributed by atoms with E-state index in [0.717, 1.165) is 67.6 Å². The molecule has 6 rings (SSSR count). The van der Waals surface area contributed by atoms with Crippen molar-refractivity contribution >= 4 is 56.9 Å². The molecule has 0 saturated carbocycles. The van der Waals surface area contributed by atoms with Crippen molar-refractivity contribution in [3.8, 4) is 0 Å². The maximum absolute atomic E-state index is 13.6. The average Bonchev–Trinajstić information content (AvgIpc) is 3.07. The van der Waals surface area contributed by atoms with E-state index < -0.39 is 11.7 Å². The lowest BCUT2D eigenvalue weighted by molar-refractivity contribution is -0.137. The van der Waals surface area contributed by atoms with E-state index in [1.165, 1.54) is 45.9 Å². The van der Waals surface area contributed by atoms with E-state index in [2.05, 4.69) is 77.0 Å². The van der Waals surface area contributed by atoms with Crippen LogP contribution in [0.4, 0.5) is 30.2 Å². The number of piperazine rings is 1. The molecule has 0 radical (unpaired) electrons. The predicted molar refractivity (Wildman–Crippen MR) is 196 cm³/mol. The van der Waals surface area contributed by atoms with Crippen LogP contribution < -0.4 is 9.80 Å². The molecule has 0 N–H and O–H groups in total. The Hall–Kier alpha value is -3.31. The van der Waals surface area contributed by atoms with Crippen molar-refractivity contribution in [2.45, 2.75) is 35.7 Å². The molecule has 5 nitrogen and oxygen atoms in total. The maximum Gasteiger partial charge on any atom is 0.416 e. The molecule has 2 aliphatic rings. The predicted octanol–water partition coefficient (Wildman–Crippen LogP) is 8.76. The van der Waals surface area contributed by atoms with Crippen LogP contribution in [0.3, 0.4) is 0 Å². The molecule has 0 amide bonds. The highest BCUT2D eigenvalue weighted by molar-refractivity contribution is 7.99. The molecule has 2 heterocycles. The van der Waals surface area contributed by atoms with E-state index in [1.54, 1.807) is 6.07 Å². The topological polar surface area (TPSA) is 22.2 Å². The van der Waals surface area contributed by atoms with Crippen molar-refractivity contribution < 1.29 is 17.9 Å². The normalized spacial score (nSPS) is 16.0. The van der Waals surface area contributed by atoms with Crippen LogP contribution in [0.15, 0.2) is 88.7 Å². The molecule has 1 fully saturated rings. The van der Waals surface area contributed by atoms with Crippen LogP contribution in [0, 0.1) is 5.92 Å². The number of halogens is 3. The van der Waals surface area contributed by atoms with Crippen molar-refractivity contribution in [1.29, 1.82) is 0 Å². The minimum atomic E-state index is -4.37.